The van der Waals surface area contributed by atoms with Crippen LogP contribution in [0.4, 0.5) is 13.2 Å². The quantitative estimate of drug-likeness (QED) is 0.744. The van der Waals surface area contributed by atoms with Gasteiger partial charge < -0.3 is 4.90 Å². The second-order valence-electron chi connectivity index (χ2n) is 5.15. The van der Waals surface area contributed by atoms with E-state index >= 15 is 0 Å². The number of nitrogens with zero attached hydrogens (tertiary/aromatic N) is 1. The Balaban J connectivity index is 2.16. The van der Waals surface area contributed by atoms with Crippen LogP contribution in [0.15, 0.2) is 22.7 Å². The second kappa shape index (κ2) is 5.76. The van der Waals surface area contributed by atoms with Gasteiger partial charge in [0.2, 0.25) is 0 Å². The van der Waals surface area contributed by atoms with Gasteiger partial charge in [-0.15, -0.1) is 0 Å². The standard InChI is InChI=1S/C14H15BrF3NO/c1-9-5-10(7-12(15)6-9)13(20)19-4-2-3-11(8-19)14(16,17)18/h5-7,11H,2-4,8H2,1H3. The highest BCUT2D eigenvalue weighted by Crippen LogP contribution is 2.33. The summed E-state index contributed by atoms with van der Waals surface area (Å²) >= 11 is 3.30. The Bertz CT molecular complexity index is 495. The zero-order valence-electron chi connectivity index (χ0n) is 11.0. The van der Waals surface area contributed by atoms with E-state index in [1.165, 1.54) is 4.90 Å². The molecular weight excluding hydrogens is 335 g/mol. The summed E-state index contributed by atoms with van der Waals surface area (Å²) in [6.07, 6.45) is -3.74. The molecule has 1 fully saturated rings. The van der Waals surface area contributed by atoms with Gasteiger partial charge in [-0.25, -0.2) is 0 Å². The number of alkyl halides is 3. The molecule has 1 aliphatic heterocycles. The first-order valence-electron chi connectivity index (χ1n) is 6.40. The van der Waals surface area contributed by atoms with Crippen LogP contribution >= 0.6 is 15.9 Å². The highest BCUT2D eigenvalue weighted by Gasteiger charge is 2.42. The summed E-state index contributed by atoms with van der Waals surface area (Å²) in [5.74, 6) is -1.74. The topological polar surface area (TPSA) is 20.3 Å². The minimum Gasteiger partial charge on any atom is -0.338 e. The highest BCUT2D eigenvalue weighted by atomic mass is 79.9. The van der Waals surface area contributed by atoms with Crippen molar-refractivity contribution in [1.82, 2.24) is 4.90 Å². The lowest BCUT2D eigenvalue weighted by molar-refractivity contribution is -0.184. The summed E-state index contributed by atoms with van der Waals surface area (Å²) in [5.41, 5.74) is 1.33. The molecule has 1 aromatic rings. The molecule has 0 aromatic heterocycles. The van der Waals surface area contributed by atoms with Crippen molar-refractivity contribution in [2.24, 2.45) is 5.92 Å². The molecule has 0 aliphatic carbocycles. The van der Waals surface area contributed by atoms with Gasteiger partial charge in [-0.1, -0.05) is 15.9 Å². The summed E-state index contributed by atoms with van der Waals surface area (Å²) in [6.45, 7) is 1.99. The van der Waals surface area contributed by atoms with Crippen LogP contribution in [0.2, 0.25) is 0 Å². The van der Waals surface area contributed by atoms with Crippen LogP contribution in [0.25, 0.3) is 0 Å². The monoisotopic (exact) mass is 349 g/mol. The lowest BCUT2D eigenvalue weighted by Gasteiger charge is -2.33. The molecule has 1 aromatic carbocycles. The molecule has 2 rings (SSSR count). The average Bonchev–Trinajstić information content (AvgIpc) is 2.36. The largest absolute Gasteiger partial charge is 0.393 e. The fourth-order valence-corrected chi connectivity index (χ4v) is 3.08. The van der Waals surface area contributed by atoms with Crippen LogP contribution in [-0.2, 0) is 0 Å². The number of benzene rings is 1. The van der Waals surface area contributed by atoms with Gasteiger partial charge in [0.25, 0.3) is 5.91 Å². The van der Waals surface area contributed by atoms with Crippen molar-refractivity contribution in [3.8, 4) is 0 Å². The fourth-order valence-electron chi connectivity index (χ4n) is 2.47. The Morgan fingerprint density at radius 2 is 2.05 bits per heavy atom. The Hall–Kier alpha value is -1.04. The first kappa shape index (κ1) is 15.4. The van der Waals surface area contributed by atoms with E-state index in [9.17, 15) is 18.0 Å². The first-order valence-corrected chi connectivity index (χ1v) is 7.20. The van der Waals surface area contributed by atoms with Crippen LogP contribution < -0.4 is 0 Å². The molecule has 0 saturated carbocycles. The molecule has 20 heavy (non-hydrogen) atoms. The van der Waals surface area contributed by atoms with Gasteiger partial charge in [0.05, 0.1) is 5.92 Å². The molecule has 1 saturated heterocycles. The number of halogens is 4. The maximum Gasteiger partial charge on any atom is 0.393 e. The lowest BCUT2D eigenvalue weighted by Crippen LogP contribution is -2.44. The van der Waals surface area contributed by atoms with Crippen LogP contribution in [0.1, 0.15) is 28.8 Å². The number of rotatable bonds is 1. The van der Waals surface area contributed by atoms with Crippen LogP contribution in [0.3, 0.4) is 0 Å². The normalized spacial score (nSPS) is 20.1. The van der Waals surface area contributed by atoms with Crippen molar-refractivity contribution in [3.63, 3.8) is 0 Å². The Labute approximate surface area is 124 Å². The third-order valence-electron chi connectivity index (χ3n) is 3.46. The zero-order valence-corrected chi connectivity index (χ0v) is 12.6. The van der Waals surface area contributed by atoms with Crippen LogP contribution in [-0.4, -0.2) is 30.1 Å². The van der Waals surface area contributed by atoms with Crippen molar-refractivity contribution >= 4 is 21.8 Å². The van der Waals surface area contributed by atoms with E-state index in [4.69, 9.17) is 0 Å². The van der Waals surface area contributed by atoms with Crippen molar-refractivity contribution in [3.05, 3.63) is 33.8 Å². The highest BCUT2D eigenvalue weighted by molar-refractivity contribution is 9.10. The molecule has 0 radical (unpaired) electrons. The number of hydrogen-bond donors (Lipinski definition) is 0. The number of carbonyl (C=O) groups excluding carboxylic acids is 1. The molecule has 2 nitrogen and oxygen atoms in total. The molecule has 1 amide bonds. The number of aryl methyl sites for hydroxylation is 1. The van der Waals surface area contributed by atoms with Gasteiger partial charge >= 0.3 is 6.18 Å². The van der Waals surface area contributed by atoms with E-state index in [0.29, 0.717) is 18.5 Å². The van der Waals surface area contributed by atoms with Gasteiger partial charge in [-0.2, -0.15) is 13.2 Å². The number of likely N-dealkylation sites (tertiary alicyclic amines) is 1. The van der Waals surface area contributed by atoms with Gasteiger partial charge in [0.15, 0.2) is 0 Å². The van der Waals surface area contributed by atoms with E-state index in [0.717, 1.165) is 10.0 Å². The van der Waals surface area contributed by atoms with Crippen molar-refractivity contribution < 1.29 is 18.0 Å². The molecule has 1 heterocycles. The fraction of sp³-hybridized carbons (Fsp3) is 0.500. The van der Waals surface area contributed by atoms with Crippen molar-refractivity contribution in [2.45, 2.75) is 25.9 Å². The van der Waals surface area contributed by atoms with Crippen LogP contribution in [0.5, 0.6) is 0 Å². The maximum atomic E-state index is 12.8. The third kappa shape index (κ3) is 3.53. The molecule has 0 bridgehead atoms. The summed E-state index contributed by atoms with van der Waals surface area (Å²) < 4.78 is 39.0. The maximum absolute atomic E-state index is 12.8. The molecule has 1 atom stereocenters. The van der Waals surface area contributed by atoms with E-state index in [1.807, 2.05) is 13.0 Å². The molecule has 6 heteroatoms. The SMILES string of the molecule is Cc1cc(Br)cc(C(=O)N2CCCC(C(F)(F)F)C2)c1. The number of amides is 1. The number of hydrogen-bond acceptors (Lipinski definition) is 1. The Kier molecular flexibility index (Phi) is 4.42. The Morgan fingerprint density at radius 1 is 1.35 bits per heavy atom. The summed E-state index contributed by atoms with van der Waals surface area (Å²) in [7, 11) is 0. The van der Waals surface area contributed by atoms with E-state index < -0.39 is 12.1 Å². The summed E-state index contributed by atoms with van der Waals surface area (Å²) in [5, 5.41) is 0. The van der Waals surface area contributed by atoms with Gasteiger partial charge in [-0.05, 0) is 43.5 Å². The zero-order chi connectivity index (χ0) is 14.9. The predicted octanol–water partition coefficient (Wildman–Crippen LogP) is 4.17. The minimum atomic E-state index is -4.23. The van der Waals surface area contributed by atoms with Crippen molar-refractivity contribution in [2.75, 3.05) is 13.1 Å². The van der Waals surface area contributed by atoms with E-state index in [1.54, 1.807) is 12.1 Å². The van der Waals surface area contributed by atoms with E-state index in [-0.39, 0.29) is 18.9 Å². The minimum absolute atomic E-state index is 0.102. The smallest absolute Gasteiger partial charge is 0.338 e. The van der Waals surface area contributed by atoms with Gasteiger partial charge in [-0.3, -0.25) is 4.79 Å². The summed E-state index contributed by atoms with van der Waals surface area (Å²) in [6, 6.07) is 5.20. The molecule has 0 spiro atoms. The average molecular weight is 350 g/mol. The van der Waals surface area contributed by atoms with Gasteiger partial charge in [0.1, 0.15) is 0 Å². The van der Waals surface area contributed by atoms with E-state index in [2.05, 4.69) is 15.9 Å². The number of piperidine rings is 1. The Morgan fingerprint density at radius 3 is 2.65 bits per heavy atom. The first-order chi connectivity index (χ1) is 9.27. The molecule has 1 aliphatic rings. The molecular formula is C14H15BrF3NO. The van der Waals surface area contributed by atoms with Gasteiger partial charge in [0, 0.05) is 23.1 Å². The molecule has 110 valence electrons. The van der Waals surface area contributed by atoms with Crippen LogP contribution in [0, 0.1) is 12.8 Å². The van der Waals surface area contributed by atoms with Crippen molar-refractivity contribution in [1.29, 1.82) is 0 Å². The third-order valence-corrected chi connectivity index (χ3v) is 3.92. The predicted molar refractivity (Wildman–Crippen MR) is 73.6 cm³/mol. The number of carbonyl (C=O) groups is 1. The lowest BCUT2D eigenvalue weighted by atomic mass is 9.96. The second-order valence-corrected chi connectivity index (χ2v) is 6.06. The molecule has 0 N–H and O–H groups in total. The summed E-state index contributed by atoms with van der Waals surface area (Å²) in [4.78, 5) is 13.6. The molecule has 1 unspecified atom stereocenters.